The minimum absolute atomic E-state index is 0.0135. The Morgan fingerprint density at radius 3 is 1.30 bits per heavy atom. The summed E-state index contributed by atoms with van der Waals surface area (Å²) in [6.07, 6.45) is 38.4. The number of fused-ring (bicyclic) bond motifs is 10. The largest absolute Gasteiger partial charge is 0.462 e. The van der Waals surface area contributed by atoms with Crippen LogP contribution in [-0.2, 0) is 19.1 Å². The third-order valence-electron chi connectivity index (χ3n) is 23.1. The van der Waals surface area contributed by atoms with Gasteiger partial charge in [-0.2, -0.15) is 0 Å². The summed E-state index contributed by atoms with van der Waals surface area (Å²) in [4.78, 5) is 31.0. The van der Waals surface area contributed by atoms with Crippen molar-refractivity contribution in [2.45, 2.75) is 204 Å². The highest BCUT2D eigenvalue weighted by atomic mass is 16.5. The van der Waals surface area contributed by atoms with E-state index in [0.29, 0.717) is 95.9 Å². The van der Waals surface area contributed by atoms with Crippen LogP contribution in [0.2, 0.25) is 0 Å². The number of hydrogen-bond donors (Lipinski definition) is 0. The summed E-state index contributed by atoms with van der Waals surface area (Å²) < 4.78 is 12.4. The molecule has 73 heavy (non-hydrogen) atoms. The monoisotopic (exact) mass is 1000 g/mol. The number of hydrogen-bond acceptors (Lipinski definition) is 6. The number of esters is 2. The summed E-state index contributed by atoms with van der Waals surface area (Å²) in [7, 11) is 4.22. The van der Waals surface area contributed by atoms with E-state index in [2.05, 4.69) is 156 Å². The molecule has 0 saturated heterocycles. The van der Waals surface area contributed by atoms with Crippen LogP contribution in [0, 0.1) is 92.7 Å². The van der Waals surface area contributed by atoms with E-state index in [-0.39, 0.29) is 35.0 Å². The first-order valence-corrected chi connectivity index (χ1v) is 30.5. The fraction of sp³-hybridized carbons (Fsp3) is 0.791. The number of allylic oxidation sites excluding steroid dienone is 10. The zero-order chi connectivity index (χ0) is 52.6. The van der Waals surface area contributed by atoms with Crippen LogP contribution in [-0.4, -0.2) is 74.2 Å². The van der Waals surface area contributed by atoms with Crippen molar-refractivity contribution in [1.82, 2.24) is 9.80 Å². The molecule has 6 nitrogen and oxygen atoms in total. The number of carbonyl (C=O) groups is 2. The van der Waals surface area contributed by atoms with E-state index in [1.165, 1.54) is 62.5 Å². The molecule has 0 heterocycles. The first-order chi connectivity index (χ1) is 34.6. The molecule has 16 atom stereocenters. The Kier molecular flexibility index (Phi) is 17.9. The van der Waals surface area contributed by atoms with Gasteiger partial charge in [0.25, 0.3) is 0 Å². The number of rotatable bonds is 20. The van der Waals surface area contributed by atoms with Gasteiger partial charge in [0.15, 0.2) is 0 Å². The summed E-state index contributed by atoms with van der Waals surface area (Å²) in [5, 5.41) is 0. The quantitative estimate of drug-likeness (QED) is 0.0895. The van der Waals surface area contributed by atoms with Gasteiger partial charge in [-0.1, -0.05) is 154 Å². The molecule has 8 rings (SSSR count). The summed E-state index contributed by atoms with van der Waals surface area (Å²) in [6.45, 7) is 32.6. The van der Waals surface area contributed by atoms with Crippen molar-refractivity contribution in [2.24, 2.45) is 92.7 Å². The Balaban J connectivity index is 0.722. The van der Waals surface area contributed by atoms with Gasteiger partial charge < -0.3 is 19.3 Å². The van der Waals surface area contributed by atoms with Crippen molar-refractivity contribution in [3.05, 3.63) is 70.9 Å². The molecule has 0 aromatic rings. The molecule has 408 valence electrons. The van der Waals surface area contributed by atoms with Crippen LogP contribution < -0.4 is 0 Å². The van der Waals surface area contributed by atoms with Gasteiger partial charge in [0.2, 0.25) is 0 Å². The van der Waals surface area contributed by atoms with Crippen molar-refractivity contribution in [3.8, 4) is 0 Å². The van der Waals surface area contributed by atoms with E-state index in [4.69, 9.17) is 9.47 Å². The van der Waals surface area contributed by atoms with E-state index in [9.17, 15) is 9.59 Å². The third-order valence-corrected chi connectivity index (χ3v) is 23.1. The van der Waals surface area contributed by atoms with E-state index in [1.807, 2.05) is 0 Å². The average molecular weight is 1000 g/mol. The predicted molar refractivity (Wildman–Crippen MR) is 304 cm³/mol. The van der Waals surface area contributed by atoms with Crippen molar-refractivity contribution < 1.29 is 19.1 Å². The van der Waals surface area contributed by atoms with E-state index in [0.717, 1.165) is 69.9 Å². The fourth-order valence-corrected chi connectivity index (χ4v) is 17.2. The molecule has 0 bridgehead atoms. The molecule has 0 N–H and O–H groups in total. The minimum Gasteiger partial charge on any atom is -0.462 e. The van der Waals surface area contributed by atoms with Crippen LogP contribution >= 0.6 is 0 Å². The van der Waals surface area contributed by atoms with Gasteiger partial charge in [0, 0.05) is 25.9 Å². The molecule has 0 radical (unpaired) electrons. The Labute approximate surface area is 447 Å². The highest BCUT2D eigenvalue weighted by Gasteiger charge is 2.59. The molecule has 0 spiro atoms. The normalized spacial score (nSPS) is 37.6. The van der Waals surface area contributed by atoms with Gasteiger partial charge in [-0.3, -0.25) is 9.59 Å². The van der Waals surface area contributed by atoms with Gasteiger partial charge in [-0.15, -0.1) is 0 Å². The van der Waals surface area contributed by atoms with E-state index in [1.54, 1.807) is 11.1 Å². The summed E-state index contributed by atoms with van der Waals surface area (Å²) >= 11 is 0. The molecule has 8 aliphatic carbocycles. The smallest absolute Gasteiger partial charge is 0.307 e. The van der Waals surface area contributed by atoms with Crippen molar-refractivity contribution in [3.63, 3.8) is 0 Å². The van der Waals surface area contributed by atoms with Crippen LogP contribution in [0.3, 0.4) is 0 Å². The molecule has 8 aliphatic rings. The lowest BCUT2D eigenvalue weighted by Gasteiger charge is -2.55. The maximum Gasteiger partial charge on any atom is 0.307 e. The highest BCUT2D eigenvalue weighted by Crippen LogP contribution is 2.68. The number of nitrogens with zero attached hydrogens (tertiary/aromatic N) is 2. The Morgan fingerprint density at radius 2 is 0.918 bits per heavy atom. The Hall–Kier alpha value is -2.70. The van der Waals surface area contributed by atoms with Crippen LogP contribution in [0.1, 0.15) is 192 Å². The lowest BCUT2D eigenvalue weighted by molar-refractivity contribution is -0.152. The topological polar surface area (TPSA) is 59.1 Å². The second-order valence-corrected chi connectivity index (χ2v) is 28.1. The average Bonchev–Trinajstić information content (AvgIpc) is 3.90. The molecular weight excluding hydrogens is 897 g/mol. The second-order valence-electron chi connectivity index (χ2n) is 28.1. The maximum absolute atomic E-state index is 13.2. The first-order valence-electron chi connectivity index (χ1n) is 30.5. The first kappa shape index (κ1) is 56.5. The van der Waals surface area contributed by atoms with Gasteiger partial charge in [-0.05, 0) is 203 Å². The summed E-state index contributed by atoms with van der Waals surface area (Å²) in [5.74, 6) is 7.94. The maximum atomic E-state index is 13.2. The summed E-state index contributed by atoms with van der Waals surface area (Å²) in [5.41, 5.74) is 7.66. The van der Waals surface area contributed by atoms with Crippen molar-refractivity contribution >= 4 is 11.9 Å². The van der Waals surface area contributed by atoms with Gasteiger partial charge in [0.1, 0.15) is 12.2 Å². The molecule has 0 amide bonds. The van der Waals surface area contributed by atoms with Crippen molar-refractivity contribution in [1.29, 1.82) is 0 Å². The second kappa shape index (κ2) is 23.1. The Morgan fingerprint density at radius 1 is 0.521 bits per heavy atom. The summed E-state index contributed by atoms with van der Waals surface area (Å²) in [6, 6.07) is 0. The number of carbonyl (C=O) groups excluding carboxylic acids is 2. The van der Waals surface area contributed by atoms with Gasteiger partial charge >= 0.3 is 11.9 Å². The van der Waals surface area contributed by atoms with Crippen molar-refractivity contribution in [2.75, 3.05) is 40.3 Å². The van der Waals surface area contributed by atoms with E-state index < -0.39 is 0 Å². The lowest BCUT2D eigenvalue weighted by Crippen LogP contribution is -2.46. The van der Waals surface area contributed by atoms with Crippen LogP contribution in [0.4, 0.5) is 0 Å². The van der Waals surface area contributed by atoms with Crippen LogP contribution in [0.15, 0.2) is 70.9 Å². The third kappa shape index (κ3) is 11.8. The molecular formula is C67H106N2O4. The van der Waals surface area contributed by atoms with Crippen LogP contribution in [0.25, 0.3) is 0 Å². The molecule has 6 fully saturated rings. The predicted octanol–water partition coefficient (Wildman–Crippen LogP) is 15.8. The van der Waals surface area contributed by atoms with E-state index >= 15 is 0 Å². The number of ether oxygens (including phenoxy) is 2. The molecule has 0 aliphatic heterocycles. The molecule has 0 aromatic heterocycles. The van der Waals surface area contributed by atoms with Gasteiger partial charge in [-0.25, -0.2) is 0 Å². The van der Waals surface area contributed by atoms with Gasteiger partial charge in [0.05, 0.1) is 12.8 Å². The molecule has 16 unspecified atom stereocenters. The minimum atomic E-state index is -0.0620. The highest BCUT2D eigenvalue weighted by molar-refractivity contribution is 5.70. The molecule has 0 aromatic carbocycles. The molecule has 6 heteroatoms. The SMILES string of the molecule is CC(C)C(C)/C=C/C(C)C1CCC2C3=CC=C4CC(OC(=O)CCN(C)CCCN(C)CCC(=O)OC5CCC6(C)C(=CC=C7C6CCC6(C)C7CCC6C(C)/C=C/C(C)C(C)C)C5)CCC4(C)C3CCC21C. The standard InChI is InChI=1S/C67H106N2O4/c1-44(2)46(5)16-18-48(7)56-24-26-58-54-22-20-50-42-52(28-34-64(50,9)60(54)30-36-66(56,58)11)72-62(70)32-40-68(13)38-15-39-69(14)41-33-63(71)73-53-29-35-65(10)51(43-53)21-23-55-59-27-25-57(67(59,12)37-31-61(55)65)49(8)19-17-47(6)45(3)4/h16-23,44-49,52-53,56-61H,15,24-43H2,1-14H3/b18-16+,19-17+. The Bertz CT molecular complexity index is 1990. The molecule has 6 saturated carbocycles. The van der Waals surface area contributed by atoms with Crippen LogP contribution in [0.5, 0.6) is 0 Å². The fourth-order valence-electron chi connectivity index (χ4n) is 17.2. The zero-order valence-electron chi connectivity index (χ0n) is 49.1. The lowest BCUT2D eigenvalue weighted by atomic mass is 9.50. The zero-order valence-corrected chi connectivity index (χ0v) is 49.1.